The molecule has 0 radical (unpaired) electrons. The number of ether oxygens (including phenoxy) is 1. The van der Waals surface area contributed by atoms with Crippen LogP contribution in [-0.4, -0.2) is 48.1 Å². The number of hydrogen-bond donors (Lipinski definition) is 2. The molecule has 1 atom stereocenters. The van der Waals surface area contributed by atoms with Crippen molar-refractivity contribution >= 4 is 23.4 Å². The molecule has 1 saturated heterocycles. The second kappa shape index (κ2) is 7.68. The first kappa shape index (κ1) is 20.3. The van der Waals surface area contributed by atoms with Crippen LogP contribution in [-0.2, 0) is 10.9 Å². The van der Waals surface area contributed by atoms with E-state index >= 15 is 0 Å². The molecule has 0 unspecified atom stereocenters. The van der Waals surface area contributed by atoms with Crippen LogP contribution in [0.2, 0.25) is 0 Å². The SMILES string of the molecule is CNc1c([N+](=O)[O-])cc(C(=O)N2CCC[C@@H](OC(N)=O)C2)cc1C(F)(F)F. The first-order chi connectivity index (χ1) is 12.5. The van der Waals surface area contributed by atoms with Gasteiger partial charge in [-0.25, -0.2) is 4.79 Å². The van der Waals surface area contributed by atoms with Crippen LogP contribution in [0.1, 0.15) is 28.8 Å². The highest BCUT2D eigenvalue weighted by molar-refractivity contribution is 5.96. The Kier molecular flexibility index (Phi) is 5.76. The zero-order valence-corrected chi connectivity index (χ0v) is 14.2. The Balaban J connectivity index is 2.42. The Morgan fingerprint density at radius 3 is 2.59 bits per heavy atom. The van der Waals surface area contributed by atoms with Crippen LogP contribution in [0.4, 0.5) is 29.3 Å². The summed E-state index contributed by atoms with van der Waals surface area (Å²) in [5.74, 6) is -0.830. The van der Waals surface area contributed by atoms with Crippen LogP contribution in [0, 0.1) is 10.1 Å². The number of nitrogens with two attached hydrogens (primary N) is 1. The second-order valence-corrected chi connectivity index (χ2v) is 5.88. The topological polar surface area (TPSA) is 128 Å². The normalized spacial score (nSPS) is 17.3. The number of carbonyl (C=O) groups excluding carboxylic acids is 2. The average Bonchev–Trinajstić information content (AvgIpc) is 2.58. The van der Waals surface area contributed by atoms with Crippen molar-refractivity contribution < 1.29 is 32.4 Å². The molecule has 0 spiro atoms. The maximum Gasteiger partial charge on any atom is 0.418 e. The van der Waals surface area contributed by atoms with E-state index in [-0.39, 0.29) is 13.1 Å². The van der Waals surface area contributed by atoms with Crippen LogP contribution in [0.3, 0.4) is 0 Å². The van der Waals surface area contributed by atoms with Gasteiger partial charge in [-0.2, -0.15) is 13.2 Å². The number of nitrogens with zero attached hydrogens (tertiary/aromatic N) is 2. The average molecular weight is 390 g/mol. The number of halogens is 3. The maximum absolute atomic E-state index is 13.3. The number of rotatable bonds is 4. The molecular formula is C15H17F3N4O5. The first-order valence-electron chi connectivity index (χ1n) is 7.87. The van der Waals surface area contributed by atoms with Gasteiger partial charge >= 0.3 is 12.3 Å². The molecule has 0 aromatic heterocycles. The van der Waals surface area contributed by atoms with Crippen LogP contribution >= 0.6 is 0 Å². The minimum Gasteiger partial charge on any atom is -0.445 e. The second-order valence-electron chi connectivity index (χ2n) is 5.88. The third kappa shape index (κ3) is 4.57. The van der Waals surface area contributed by atoms with Crippen molar-refractivity contribution in [3.8, 4) is 0 Å². The number of nitrogens with one attached hydrogen (secondary N) is 1. The minimum atomic E-state index is -4.90. The van der Waals surface area contributed by atoms with Crippen LogP contribution in [0.15, 0.2) is 12.1 Å². The summed E-state index contributed by atoms with van der Waals surface area (Å²) in [6, 6.07) is 1.36. The number of piperidine rings is 1. The molecule has 1 aliphatic rings. The van der Waals surface area contributed by atoms with Gasteiger partial charge in [-0.3, -0.25) is 14.9 Å². The summed E-state index contributed by atoms with van der Waals surface area (Å²) >= 11 is 0. The van der Waals surface area contributed by atoms with Gasteiger partial charge in [0.1, 0.15) is 11.8 Å². The molecule has 1 heterocycles. The number of nitro groups is 1. The third-order valence-electron chi connectivity index (χ3n) is 4.06. The summed E-state index contributed by atoms with van der Waals surface area (Å²) in [5, 5.41) is 13.4. The number of nitro benzene ring substituents is 1. The van der Waals surface area contributed by atoms with Gasteiger partial charge in [0.25, 0.3) is 11.6 Å². The fourth-order valence-electron chi connectivity index (χ4n) is 2.95. The standard InChI is InChI=1S/C15H17F3N4O5/c1-20-12-10(15(16,17)18)5-8(6-11(12)22(25)26)13(23)21-4-2-3-9(7-21)27-14(19)24/h5-6,9,20H,2-4,7H2,1H3,(H2,19,24)/t9-/m1/s1. The number of likely N-dealkylation sites (tertiary alicyclic amines) is 1. The maximum atomic E-state index is 13.3. The van der Waals surface area contributed by atoms with Gasteiger partial charge in [0.15, 0.2) is 0 Å². The molecule has 0 saturated carbocycles. The molecule has 0 aliphatic carbocycles. The monoisotopic (exact) mass is 390 g/mol. The Hall–Kier alpha value is -3.05. The summed E-state index contributed by atoms with van der Waals surface area (Å²) in [7, 11) is 1.12. The molecule has 1 aliphatic heterocycles. The van der Waals surface area contributed by atoms with E-state index in [1.807, 2.05) is 0 Å². The number of primary amides is 1. The number of amides is 2. The Morgan fingerprint density at radius 1 is 1.41 bits per heavy atom. The van der Waals surface area contributed by atoms with Crippen LogP contribution < -0.4 is 11.1 Å². The van der Waals surface area contributed by atoms with Gasteiger partial charge in [-0.15, -0.1) is 0 Å². The van der Waals surface area contributed by atoms with Crippen molar-refractivity contribution in [2.75, 3.05) is 25.5 Å². The van der Waals surface area contributed by atoms with E-state index in [1.54, 1.807) is 0 Å². The van der Waals surface area contributed by atoms with E-state index in [2.05, 4.69) is 5.32 Å². The Morgan fingerprint density at radius 2 is 2.07 bits per heavy atom. The predicted molar refractivity (Wildman–Crippen MR) is 87.2 cm³/mol. The molecule has 2 rings (SSSR count). The van der Waals surface area contributed by atoms with Crippen LogP contribution in [0.5, 0.6) is 0 Å². The zero-order chi connectivity index (χ0) is 20.4. The molecule has 0 bridgehead atoms. The van der Waals surface area contributed by atoms with Crippen molar-refractivity contribution in [1.29, 1.82) is 0 Å². The summed E-state index contributed by atoms with van der Waals surface area (Å²) < 4.78 is 44.8. The van der Waals surface area contributed by atoms with Crippen molar-refractivity contribution in [2.45, 2.75) is 25.1 Å². The molecule has 1 aromatic carbocycles. The van der Waals surface area contributed by atoms with E-state index in [0.29, 0.717) is 18.9 Å². The largest absolute Gasteiger partial charge is 0.445 e. The lowest BCUT2D eigenvalue weighted by Gasteiger charge is -2.32. The lowest BCUT2D eigenvalue weighted by molar-refractivity contribution is -0.384. The quantitative estimate of drug-likeness (QED) is 0.600. The number of alkyl halides is 3. The van der Waals surface area contributed by atoms with E-state index < -0.39 is 51.7 Å². The van der Waals surface area contributed by atoms with E-state index in [9.17, 15) is 32.9 Å². The van der Waals surface area contributed by atoms with Crippen molar-refractivity contribution in [1.82, 2.24) is 4.90 Å². The third-order valence-corrected chi connectivity index (χ3v) is 4.06. The number of benzene rings is 1. The highest BCUT2D eigenvalue weighted by Crippen LogP contribution is 2.40. The van der Waals surface area contributed by atoms with Gasteiger partial charge in [-0.05, 0) is 18.9 Å². The van der Waals surface area contributed by atoms with E-state index in [4.69, 9.17) is 10.5 Å². The molecular weight excluding hydrogens is 373 g/mol. The van der Waals surface area contributed by atoms with E-state index in [0.717, 1.165) is 13.1 Å². The number of hydrogen-bond acceptors (Lipinski definition) is 6. The van der Waals surface area contributed by atoms with Gasteiger partial charge < -0.3 is 20.7 Å². The summed E-state index contributed by atoms with van der Waals surface area (Å²) in [6.45, 7) is 0.144. The predicted octanol–water partition coefficient (Wildman–Crippen LogP) is 2.36. The molecule has 3 N–H and O–H groups in total. The number of carbonyl (C=O) groups is 2. The van der Waals surface area contributed by atoms with Crippen molar-refractivity contribution in [3.05, 3.63) is 33.4 Å². The van der Waals surface area contributed by atoms with Crippen LogP contribution in [0.25, 0.3) is 0 Å². The molecule has 148 valence electrons. The van der Waals surface area contributed by atoms with Gasteiger partial charge in [0.05, 0.1) is 17.0 Å². The Bertz CT molecular complexity index is 769. The Labute approximate surface area is 151 Å². The first-order valence-corrected chi connectivity index (χ1v) is 7.87. The van der Waals surface area contributed by atoms with Crippen molar-refractivity contribution in [3.63, 3.8) is 0 Å². The van der Waals surface area contributed by atoms with Gasteiger partial charge in [0.2, 0.25) is 0 Å². The molecule has 2 amide bonds. The number of anilines is 1. The fourth-order valence-corrected chi connectivity index (χ4v) is 2.95. The van der Waals surface area contributed by atoms with E-state index in [1.165, 1.54) is 4.90 Å². The minimum absolute atomic E-state index is 0.0648. The summed E-state index contributed by atoms with van der Waals surface area (Å²) in [6.07, 6.45) is -5.73. The smallest absolute Gasteiger partial charge is 0.418 e. The lowest BCUT2D eigenvalue weighted by Crippen LogP contribution is -2.44. The molecule has 9 nitrogen and oxygen atoms in total. The lowest BCUT2D eigenvalue weighted by atomic mass is 10.0. The summed E-state index contributed by atoms with van der Waals surface area (Å²) in [5.41, 5.74) is 1.56. The molecule has 12 heteroatoms. The fraction of sp³-hybridized carbons (Fsp3) is 0.467. The van der Waals surface area contributed by atoms with Gasteiger partial charge in [-0.1, -0.05) is 0 Å². The molecule has 1 aromatic rings. The van der Waals surface area contributed by atoms with Crippen molar-refractivity contribution in [2.24, 2.45) is 5.73 Å². The zero-order valence-electron chi connectivity index (χ0n) is 14.2. The van der Waals surface area contributed by atoms with Gasteiger partial charge in [0, 0.05) is 25.2 Å². The highest BCUT2D eigenvalue weighted by atomic mass is 19.4. The summed E-state index contributed by atoms with van der Waals surface area (Å²) in [4.78, 5) is 34.8. The molecule has 1 fully saturated rings. The highest BCUT2D eigenvalue weighted by Gasteiger charge is 2.39. The molecule has 27 heavy (non-hydrogen) atoms.